The van der Waals surface area contributed by atoms with E-state index >= 15 is 0 Å². The molecule has 3 rings (SSSR count). The quantitative estimate of drug-likeness (QED) is 0.769. The smallest absolute Gasteiger partial charge is 0.234 e. The number of nitrogens with zero attached hydrogens (tertiary/aromatic N) is 2. The molecule has 2 aliphatic rings. The van der Waals surface area contributed by atoms with E-state index < -0.39 is 0 Å². The van der Waals surface area contributed by atoms with Crippen LogP contribution in [0.2, 0.25) is 0 Å². The molecule has 0 unspecified atom stereocenters. The van der Waals surface area contributed by atoms with Crippen LogP contribution in [0.15, 0.2) is 18.2 Å². The Bertz CT molecular complexity index is 581. The van der Waals surface area contributed by atoms with Crippen molar-refractivity contribution >= 4 is 5.91 Å². The molecule has 25 heavy (non-hydrogen) atoms. The summed E-state index contributed by atoms with van der Waals surface area (Å²) in [5.41, 5.74) is 1.14. The average Bonchev–Trinajstić information content (AvgIpc) is 3.46. The van der Waals surface area contributed by atoms with Crippen LogP contribution in [0, 0.1) is 5.92 Å². The number of hydrogen-bond donors (Lipinski definition) is 1. The molecule has 0 bridgehead atoms. The molecule has 0 aromatic heterocycles. The zero-order chi connectivity index (χ0) is 17.6. The van der Waals surface area contributed by atoms with E-state index in [4.69, 9.17) is 9.47 Å². The van der Waals surface area contributed by atoms with Crippen LogP contribution in [0.5, 0.6) is 11.5 Å². The van der Waals surface area contributed by atoms with Gasteiger partial charge in [0.05, 0.1) is 20.8 Å². The summed E-state index contributed by atoms with van der Waals surface area (Å²) in [5, 5.41) is 3.05. The number of hydrogen-bond acceptors (Lipinski definition) is 5. The number of carbonyl (C=O) groups excluding carboxylic acids is 1. The van der Waals surface area contributed by atoms with Gasteiger partial charge < -0.3 is 14.8 Å². The molecule has 0 spiro atoms. The predicted octanol–water partition coefficient (Wildman–Crippen LogP) is 1.35. The number of amides is 1. The molecule has 1 heterocycles. The summed E-state index contributed by atoms with van der Waals surface area (Å²) >= 11 is 0. The van der Waals surface area contributed by atoms with Gasteiger partial charge in [-0.3, -0.25) is 14.6 Å². The lowest BCUT2D eigenvalue weighted by atomic mass is 10.1. The number of ether oxygens (including phenoxy) is 2. The first kappa shape index (κ1) is 18.0. The van der Waals surface area contributed by atoms with Gasteiger partial charge in [0.1, 0.15) is 11.5 Å². The predicted molar refractivity (Wildman–Crippen MR) is 97.0 cm³/mol. The molecule has 1 aliphatic heterocycles. The van der Waals surface area contributed by atoms with Crippen LogP contribution in [0.4, 0.5) is 0 Å². The van der Waals surface area contributed by atoms with Gasteiger partial charge in [-0.05, 0) is 37.0 Å². The van der Waals surface area contributed by atoms with Crippen molar-refractivity contribution in [2.75, 3.05) is 53.5 Å². The molecule has 1 aromatic rings. The van der Waals surface area contributed by atoms with Gasteiger partial charge in [0.15, 0.2) is 0 Å². The lowest BCUT2D eigenvalue weighted by Crippen LogP contribution is -2.49. The summed E-state index contributed by atoms with van der Waals surface area (Å²) in [7, 11) is 3.38. The van der Waals surface area contributed by atoms with Crippen LogP contribution in [0.3, 0.4) is 0 Å². The molecular formula is C19H29N3O3. The first-order valence-corrected chi connectivity index (χ1v) is 9.10. The van der Waals surface area contributed by atoms with Crippen molar-refractivity contribution in [1.29, 1.82) is 0 Å². The molecule has 2 fully saturated rings. The van der Waals surface area contributed by atoms with E-state index in [1.54, 1.807) is 14.2 Å². The molecule has 6 nitrogen and oxygen atoms in total. The Morgan fingerprint density at radius 3 is 2.48 bits per heavy atom. The third kappa shape index (κ3) is 5.34. The second kappa shape index (κ2) is 8.54. The Morgan fingerprint density at radius 2 is 1.84 bits per heavy atom. The summed E-state index contributed by atoms with van der Waals surface area (Å²) < 4.78 is 10.8. The third-order valence-corrected chi connectivity index (χ3v) is 5.00. The average molecular weight is 347 g/mol. The van der Waals surface area contributed by atoms with E-state index in [0.717, 1.165) is 62.2 Å². The molecule has 1 amide bonds. The number of benzene rings is 1. The maximum absolute atomic E-state index is 12.0. The second-order valence-electron chi connectivity index (χ2n) is 6.98. The van der Waals surface area contributed by atoms with Crippen molar-refractivity contribution in [3.63, 3.8) is 0 Å². The number of methoxy groups -OCH3 is 2. The van der Waals surface area contributed by atoms with Crippen LogP contribution in [0.25, 0.3) is 0 Å². The van der Waals surface area contributed by atoms with Crippen LogP contribution in [-0.2, 0) is 11.3 Å². The van der Waals surface area contributed by atoms with Gasteiger partial charge in [-0.1, -0.05) is 0 Å². The van der Waals surface area contributed by atoms with Crippen LogP contribution >= 0.6 is 0 Å². The van der Waals surface area contributed by atoms with E-state index in [0.29, 0.717) is 6.54 Å². The molecule has 138 valence electrons. The Labute approximate surface area is 150 Å². The maximum atomic E-state index is 12.0. The zero-order valence-corrected chi connectivity index (χ0v) is 15.3. The number of nitrogens with one attached hydrogen (secondary N) is 1. The summed E-state index contributed by atoms with van der Waals surface area (Å²) in [6.45, 7) is 5.96. The van der Waals surface area contributed by atoms with Gasteiger partial charge in [0.2, 0.25) is 5.91 Å². The monoisotopic (exact) mass is 347 g/mol. The standard InChI is InChI=1S/C19H29N3O3/c1-24-17-5-6-18(25-2)16(11-17)13-21-7-9-22(10-8-21)14-19(23)20-12-15-3-4-15/h5-6,11,15H,3-4,7-10,12-14H2,1-2H3,(H,20,23). The molecule has 1 saturated heterocycles. The van der Waals surface area contributed by atoms with Crippen molar-refractivity contribution in [2.24, 2.45) is 5.92 Å². The zero-order valence-electron chi connectivity index (χ0n) is 15.3. The summed E-state index contributed by atoms with van der Waals surface area (Å²) in [4.78, 5) is 16.6. The van der Waals surface area contributed by atoms with Crippen molar-refractivity contribution in [2.45, 2.75) is 19.4 Å². The number of piperazine rings is 1. The Balaban J connectivity index is 1.45. The summed E-state index contributed by atoms with van der Waals surface area (Å²) in [5.74, 6) is 2.64. The Morgan fingerprint density at radius 1 is 1.12 bits per heavy atom. The van der Waals surface area contributed by atoms with Gasteiger partial charge in [0, 0.05) is 44.8 Å². The topological polar surface area (TPSA) is 54.0 Å². The van der Waals surface area contributed by atoms with Gasteiger partial charge in [-0.25, -0.2) is 0 Å². The van der Waals surface area contributed by atoms with Gasteiger partial charge in [-0.15, -0.1) is 0 Å². The van der Waals surface area contributed by atoms with Crippen LogP contribution in [-0.4, -0.2) is 69.2 Å². The molecule has 1 N–H and O–H groups in total. The van der Waals surface area contributed by atoms with Gasteiger partial charge in [0.25, 0.3) is 0 Å². The lowest BCUT2D eigenvalue weighted by Gasteiger charge is -2.34. The van der Waals surface area contributed by atoms with E-state index in [1.165, 1.54) is 12.8 Å². The van der Waals surface area contributed by atoms with E-state index in [9.17, 15) is 4.79 Å². The Hall–Kier alpha value is -1.79. The van der Waals surface area contributed by atoms with Crippen LogP contribution < -0.4 is 14.8 Å². The van der Waals surface area contributed by atoms with Gasteiger partial charge >= 0.3 is 0 Å². The minimum Gasteiger partial charge on any atom is -0.497 e. The van der Waals surface area contributed by atoms with E-state index in [2.05, 4.69) is 15.1 Å². The highest BCUT2D eigenvalue weighted by Crippen LogP contribution is 2.27. The first-order valence-electron chi connectivity index (χ1n) is 9.10. The number of rotatable bonds is 8. The largest absolute Gasteiger partial charge is 0.497 e. The molecule has 1 aliphatic carbocycles. The molecule has 0 atom stereocenters. The van der Waals surface area contributed by atoms with Crippen molar-refractivity contribution in [3.05, 3.63) is 23.8 Å². The normalized spacial score (nSPS) is 18.8. The van der Waals surface area contributed by atoms with Gasteiger partial charge in [-0.2, -0.15) is 0 Å². The van der Waals surface area contributed by atoms with Crippen LogP contribution in [0.1, 0.15) is 18.4 Å². The minimum absolute atomic E-state index is 0.162. The van der Waals surface area contributed by atoms with Crippen molar-refractivity contribution < 1.29 is 14.3 Å². The summed E-state index contributed by atoms with van der Waals surface area (Å²) in [6.07, 6.45) is 2.54. The highest BCUT2D eigenvalue weighted by atomic mass is 16.5. The second-order valence-corrected chi connectivity index (χ2v) is 6.98. The van der Waals surface area contributed by atoms with Crippen molar-refractivity contribution in [1.82, 2.24) is 15.1 Å². The fraction of sp³-hybridized carbons (Fsp3) is 0.632. The SMILES string of the molecule is COc1ccc(OC)c(CN2CCN(CC(=O)NCC3CC3)CC2)c1. The highest BCUT2D eigenvalue weighted by Gasteiger charge is 2.23. The highest BCUT2D eigenvalue weighted by molar-refractivity contribution is 5.78. The molecular weight excluding hydrogens is 318 g/mol. The Kier molecular flexibility index (Phi) is 6.15. The molecule has 0 radical (unpaired) electrons. The fourth-order valence-corrected chi connectivity index (χ4v) is 3.19. The lowest BCUT2D eigenvalue weighted by molar-refractivity contribution is -0.122. The van der Waals surface area contributed by atoms with Crippen molar-refractivity contribution in [3.8, 4) is 11.5 Å². The molecule has 1 aromatic carbocycles. The first-order chi connectivity index (χ1) is 12.2. The molecule has 6 heteroatoms. The number of carbonyl (C=O) groups is 1. The summed E-state index contributed by atoms with van der Waals surface area (Å²) in [6, 6.07) is 5.91. The van der Waals surface area contributed by atoms with E-state index in [-0.39, 0.29) is 5.91 Å². The maximum Gasteiger partial charge on any atom is 0.234 e. The molecule has 1 saturated carbocycles. The third-order valence-electron chi connectivity index (χ3n) is 5.00. The fourth-order valence-electron chi connectivity index (χ4n) is 3.19. The van der Waals surface area contributed by atoms with E-state index in [1.807, 2.05) is 18.2 Å². The minimum atomic E-state index is 0.162.